The summed E-state index contributed by atoms with van der Waals surface area (Å²) < 4.78 is 0. The average Bonchev–Trinajstić information content (AvgIpc) is 2.39. The molecule has 0 aliphatic rings. The lowest BCUT2D eigenvalue weighted by molar-refractivity contribution is 0.237. The summed E-state index contributed by atoms with van der Waals surface area (Å²) in [4.78, 5) is 0. The van der Waals surface area contributed by atoms with Crippen LogP contribution >= 0.6 is 0 Å². The topological polar surface area (TPSA) is 0 Å². The molecule has 0 saturated heterocycles. The molecule has 0 bridgehead atoms. The maximum absolute atomic E-state index is 2.35. The molecule has 0 aromatic heterocycles. The summed E-state index contributed by atoms with van der Waals surface area (Å²) in [6.45, 7) is 7.05. The molecule has 2 rings (SSSR count). The van der Waals surface area contributed by atoms with Crippen molar-refractivity contribution in [2.24, 2.45) is 11.3 Å². The summed E-state index contributed by atoms with van der Waals surface area (Å²) >= 11 is 0. The Labute approximate surface area is 117 Å². The minimum Gasteiger partial charge on any atom is -0.0622 e. The van der Waals surface area contributed by atoms with Crippen LogP contribution in [0.25, 0.3) is 0 Å². The zero-order chi connectivity index (χ0) is 13.7. The Balaban J connectivity index is 2.13. The zero-order valence-corrected chi connectivity index (χ0v) is 12.3. The van der Waals surface area contributed by atoms with E-state index in [0.717, 1.165) is 12.8 Å². The van der Waals surface area contributed by atoms with Gasteiger partial charge in [0, 0.05) is 0 Å². The first-order chi connectivity index (χ1) is 9.05. The maximum Gasteiger partial charge on any atom is -0.0242 e. The van der Waals surface area contributed by atoms with E-state index in [1.165, 1.54) is 11.1 Å². The highest BCUT2D eigenvalue weighted by atomic mass is 14.3. The summed E-state index contributed by atoms with van der Waals surface area (Å²) in [6, 6.07) is 21.7. The highest BCUT2D eigenvalue weighted by Crippen LogP contribution is 2.32. The van der Waals surface area contributed by atoms with Gasteiger partial charge in [-0.05, 0) is 35.3 Å². The van der Waals surface area contributed by atoms with Crippen LogP contribution in [-0.4, -0.2) is 0 Å². The third-order valence-electron chi connectivity index (χ3n) is 3.87. The van der Waals surface area contributed by atoms with Crippen molar-refractivity contribution >= 4 is 0 Å². The van der Waals surface area contributed by atoms with Gasteiger partial charge >= 0.3 is 0 Å². The van der Waals surface area contributed by atoms with Crippen LogP contribution in [0.4, 0.5) is 0 Å². The number of rotatable bonds is 4. The van der Waals surface area contributed by atoms with Crippen molar-refractivity contribution in [3.8, 4) is 0 Å². The minimum atomic E-state index is 0.325. The van der Waals surface area contributed by atoms with Gasteiger partial charge in [-0.2, -0.15) is 0 Å². The molecule has 2 aromatic carbocycles. The molecular formula is C19H24. The highest BCUT2D eigenvalue weighted by molar-refractivity contribution is 5.19. The van der Waals surface area contributed by atoms with E-state index < -0.39 is 0 Å². The van der Waals surface area contributed by atoms with Gasteiger partial charge in [0.1, 0.15) is 0 Å². The normalized spacial score (nSPS) is 11.8. The monoisotopic (exact) mass is 252 g/mol. The van der Waals surface area contributed by atoms with E-state index in [1.54, 1.807) is 0 Å². The Morgan fingerprint density at radius 1 is 0.684 bits per heavy atom. The molecular weight excluding hydrogens is 228 g/mol. The van der Waals surface area contributed by atoms with Crippen LogP contribution in [0.5, 0.6) is 0 Å². The first-order valence-electron chi connectivity index (χ1n) is 7.13. The maximum atomic E-state index is 2.35. The summed E-state index contributed by atoms with van der Waals surface area (Å²) in [5, 5.41) is 0. The Morgan fingerprint density at radius 2 is 1.05 bits per heavy atom. The van der Waals surface area contributed by atoms with Gasteiger partial charge in [-0.25, -0.2) is 0 Å². The van der Waals surface area contributed by atoms with Gasteiger partial charge in [0.2, 0.25) is 0 Å². The fraction of sp³-hybridized carbons (Fsp3) is 0.368. The summed E-state index contributed by atoms with van der Waals surface area (Å²) in [7, 11) is 0. The fourth-order valence-electron chi connectivity index (χ4n) is 2.48. The van der Waals surface area contributed by atoms with Crippen LogP contribution in [0, 0.1) is 11.3 Å². The van der Waals surface area contributed by atoms with E-state index in [1.807, 2.05) is 0 Å². The van der Waals surface area contributed by atoms with E-state index in [-0.39, 0.29) is 0 Å². The molecule has 0 fully saturated rings. The van der Waals surface area contributed by atoms with E-state index in [4.69, 9.17) is 0 Å². The molecule has 0 aliphatic carbocycles. The van der Waals surface area contributed by atoms with E-state index in [2.05, 4.69) is 81.4 Å². The Bertz CT molecular complexity index is 435. The first kappa shape index (κ1) is 13.9. The Hall–Kier alpha value is -1.56. The van der Waals surface area contributed by atoms with Gasteiger partial charge in [-0.3, -0.25) is 0 Å². The fourth-order valence-corrected chi connectivity index (χ4v) is 2.48. The van der Waals surface area contributed by atoms with Gasteiger partial charge in [0.15, 0.2) is 0 Å². The molecule has 100 valence electrons. The second kappa shape index (κ2) is 6.06. The minimum absolute atomic E-state index is 0.325. The molecule has 0 N–H and O–H groups in total. The largest absolute Gasteiger partial charge is 0.0622 e. The van der Waals surface area contributed by atoms with Crippen molar-refractivity contribution in [1.82, 2.24) is 0 Å². The van der Waals surface area contributed by atoms with Crippen LogP contribution in [-0.2, 0) is 12.8 Å². The third-order valence-corrected chi connectivity index (χ3v) is 3.87. The zero-order valence-electron chi connectivity index (χ0n) is 12.3. The first-order valence-corrected chi connectivity index (χ1v) is 7.13. The molecule has 0 unspecified atom stereocenters. The molecule has 0 atom stereocenters. The van der Waals surface area contributed by atoms with E-state index in [0.29, 0.717) is 11.3 Å². The van der Waals surface area contributed by atoms with Crippen LogP contribution in [0.15, 0.2) is 60.7 Å². The molecule has 19 heavy (non-hydrogen) atoms. The smallest absolute Gasteiger partial charge is 0.0242 e. The molecule has 0 radical (unpaired) electrons. The van der Waals surface area contributed by atoms with Gasteiger partial charge in [-0.1, -0.05) is 81.4 Å². The lowest BCUT2D eigenvalue weighted by Gasteiger charge is -2.31. The molecule has 0 aliphatic heterocycles. The standard InChI is InChI=1S/C19H24/c1-19(2,3)18(14-16-10-6-4-7-11-16)15-17-12-8-5-9-13-17/h4-13,18H,14-15H2,1-3H3. The van der Waals surface area contributed by atoms with Crippen molar-refractivity contribution < 1.29 is 0 Å². The van der Waals surface area contributed by atoms with Crippen LogP contribution < -0.4 is 0 Å². The summed E-state index contributed by atoms with van der Waals surface area (Å²) in [5.74, 6) is 0.664. The van der Waals surface area contributed by atoms with Crippen LogP contribution in [0.2, 0.25) is 0 Å². The number of hydrogen-bond donors (Lipinski definition) is 0. The summed E-state index contributed by atoms with van der Waals surface area (Å²) in [6.07, 6.45) is 2.30. The predicted molar refractivity (Wildman–Crippen MR) is 83.2 cm³/mol. The molecule has 0 saturated carbocycles. The van der Waals surface area contributed by atoms with Crippen molar-refractivity contribution in [2.45, 2.75) is 33.6 Å². The van der Waals surface area contributed by atoms with Crippen molar-refractivity contribution in [1.29, 1.82) is 0 Å². The Morgan fingerprint density at radius 3 is 1.37 bits per heavy atom. The van der Waals surface area contributed by atoms with Gasteiger partial charge < -0.3 is 0 Å². The molecule has 0 amide bonds. The summed E-state index contributed by atoms with van der Waals surface area (Å²) in [5.41, 5.74) is 3.21. The second-order valence-corrected chi connectivity index (χ2v) is 6.44. The number of hydrogen-bond acceptors (Lipinski definition) is 0. The molecule has 0 nitrogen and oxygen atoms in total. The van der Waals surface area contributed by atoms with E-state index >= 15 is 0 Å². The highest BCUT2D eigenvalue weighted by Gasteiger charge is 2.24. The molecule has 2 aromatic rings. The molecule has 0 heteroatoms. The van der Waals surface area contributed by atoms with Crippen molar-refractivity contribution in [2.75, 3.05) is 0 Å². The van der Waals surface area contributed by atoms with Gasteiger partial charge in [0.25, 0.3) is 0 Å². The predicted octanol–water partition coefficient (Wildman–Crippen LogP) is 5.13. The van der Waals surface area contributed by atoms with Gasteiger partial charge in [0.05, 0.1) is 0 Å². The van der Waals surface area contributed by atoms with Gasteiger partial charge in [-0.15, -0.1) is 0 Å². The van der Waals surface area contributed by atoms with E-state index in [9.17, 15) is 0 Å². The lowest BCUT2D eigenvalue weighted by Crippen LogP contribution is -2.24. The Kier molecular flexibility index (Phi) is 4.42. The quantitative estimate of drug-likeness (QED) is 0.707. The van der Waals surface area contributed by atoms with Crippen LogP contribution in [0.3, 0.4) is 0 Å². The molecule has 0 spiro atoms. The number of benzene rings is 2. The average molecular weight is 252 g/mol. The van der Waals surface area contributed by atoms with Crippen molar-refractivity contribution in [3.05, 3.63) is 71.8 Å². The molecule has 0 heterocycles. The second-order valence-electron chi connectivity index (χ2n) is 6.44. The van der Waals surface area contributed by atoms with Crippen LogP contribution in [0.1, 0.15) is 31.9 Å². The lowest BCUT2D eigenvalue weighted by atomic mass is 9.74. The van der Waals surface area contributed by atoms with Crippen molar-refractivity contribution in [3.63, 3.8) is 0 Å². The third kappa shape index (κ3) is 4.24. The SMILES string of the molecule is CC(C)(C)C(Cc1ccccc1)Cc1ccccc1.